The summed E-state index contributed by atoms with van der Waals surface area (Å²) in [4.78, 5) is 19.3. The van der Waals surface area contributed by atoms with Crippen molar-refractivity contribution in [3.05, 3.63) is 45.4 Å². The summed E-state index contributed by atoms with van der Waals surface area (Å²) in [7, 11) is 0. The molecule has 2 aromatic rings. The van der Waals surface area contributed by atoms with Gasteiger partial charge in [-0.15, -0.1) is 11.3 Å². The summed E-state index contributed by atoms with van der Waals surface area (Å²) in [6, 6.07) is 1.05. The standard InChI is InChI=1S/C10H7ClFN3OS/c11-9-7(3-6(12)4-14-9)10(16)15-5-8-13-1-2-17-8/h1-4H,5H2,(H,15,16). The van der Waals surface area contributed by atoms with Gasteiger partial charge in [0.05, 0.1) is 18.3 Å². The zero-order chi connectivity index (χ0) is 12.3. The van der Waals surface area contributed by atoms with Crippen LogP contribution >= 0.6 is 22.9 Å². The molecule has 0 aliphatic rings. The summed E-state index contributed by atoms with van der Waals surface area (Å²) >= 11 is 7.12. The summed E-state index contributed by atoms with van der Waals surface area (Å²) in [6.07, 6.45) is 2.60. The van der Waals surface area contributed by atoms with E-state index in [4.69, 9.17) is 11.6 Å². The average molecular weight is 272 g/mol. The summed E-state index contributed by atoms with van der Waals surface area (Å²) in [5.41, 5.74) is 0.0169. The third-order valence-corrected chi connectivity index (χ3v) is 3.01. The summed E-state index contributed by atoms with van der Waals surface area (Å²) < 4.78 is 12.9. The monoisotopic (exact) mass is 271 g/mol. The van der Waals surface area contributed by atoms with Crippen molar-refractivity contribution in [2.75, 3.05) is 0 Å². The molecule has 0 aromatic carbocycles. The maximum Gasteiger partial charge on any atom is 0.254 e. The van der Waals surface area contributed by atoms with Crippen molar-refractivity contribution < 1.29 is 9.18 Å². The minimum atomic E-state index is -0.603. The van der Waals surface area contributed by atoms with E-state index < -0.39 is 11.7 Å². The van der Waals surface area contributed by atoms with Gasteiger partial charge < -0.3 is 5.32 Å². The highest BCUT2D eigenvalue weighted by Crippen LogP contribution is 2.13. The van der Waals surface area contributed by atoms with Crippen molar-refractivity contribution in [2.45, 2.75) is 6.54 Å². The van der Waals surface area contributed by atoms with E-state index in [0.717, 1.165) is 17.3 Å². The number of hydrogen-bond acceptors (Lipinski definition) is 4. The van der Waals surface area contributed by atoms with Gasteiger partial charge in [-0.2, -0.15) is 0 Å². The van der Waals surface area contributed by atoms with Crippen LogP contribution in [0.3, 0.4) is 0 Å². The fourth-order valence-corrected chi connectivity index (χ4v) is 1.92. The summed E-state index contributed by atoms with van der Waals surface area (Å²) in [6.45, 7) is 0.281. The van der Waals surface area contributed by atoms with Gasteiger partial charge in [0.25, 0.3) is 5.91 Å². The van der Waals surface area contributed by atoms with Gasteiger partial charge in [0.15, 0.2) is 0 Å². The first-order valence-corrected chi connectivity index (χ1v) is 5.90. The Morgan fingerprint density at radius 2 is 2.35 bits per heavy atom. The number of pyridine rings is 1. The highest BCUT2D eigenvalue weighted by molar-refractivity contribution is 7.09. The van der Waals surface area contributed by atoms with Crippen LogP contribution in [0, 0.1) is 5.82 Å². The highest BCUT2D eigenvalue weighted by Gasteiger charge is 2.12. The molecule has 88 valence electrons. The third kappa shape index (κ3) is 2.98. The highest BCUT2D eigenvalue weighted by atomic mass is 35.5. The number of thiazole rings is 1. The van der Waals surface area contributed by atoms with Crippen LogP contribution in [0.4, 0.5) is 4.39 Å². The van der Waals surface area contributed by atoms with Crippen LogP contribution < -0.4 is 5.32 Å². The first-order valence-electron chi connectivity index (χ1n) is 4.64. The topological polar surface area (TPSA) is 54.9 Å². The molecule has 0 saturated carbocycles. The van der Waals surface area contributed by atoms with E-state index in [9.17, 15) is 9.18 Å². The molecule has 2 aromatic heterocycles. The van der Waals surface area contributed by atoms with Crippen LogP contribution in [0.5, 0.6) is 0 Å². The SMILES string of the molecule is O=C(NCc1nccs1)c1cc(F)cnc1Cl. The number of nitrogens with one attached hydrogen (secondary N) is 1. The Hall–Kier alpha value is -1.53. The molecule has 2 heterocycles. The van der Waals surface area contributed by atoms with Gasteiger partial charge in [-0.25, -0.2) is 14.4 Å². The molecule has 0 bridgehead atoms. The quantitative estimate of drug-likeness (QED) is 0.871. The minimum Gasteiger partial charge on any atom is -0.345 e. The largest absolute Gasteiger partial charge is 0.345 e. The number of hydrogen-bond donors (Lipinski definition) is 1. The molecule has 7 heteroatoms. The van der Waals surface area contributed by atoms with Crippen LogP contribution in [0.2, 0.25) is 5.15 Å². The van der Waals surface area contributed by atoms with Gasteiger partial charge >= 0.3 is 0 Å². The molecule has 0 aliphatic heterocycles. The Morgan fingerprint density at radius 1 is 1.53 bits per heavy atom. The fraction of sp³-hybridized carbons (Fsp3) is 0.100. The van der Waals surface area contributed by atoms with Gasteiger partial charge in [-0.05, 0) is 6.07 Å². The molecular formula is C10H7ClFN3OS. The molecule has 1 amide bonds. The molecule has 1 N–H and O–H groups in total. The second-order valence-corrected chi connectivity index (χ2v) is 4.44. The van der Waals surface area contributed by atoms with Crippen molar-refractivity contribution in [2.24, 2.45) is 0 Å². The lowest BCUT2D eigenvalue weighted by molar-refractivity contribution is 0.0950. The van der Waals surface area contributed by atoms with E-state index >= 15 is 0 Å². The molecule has 4 nitrogen and oxygen atoms in total. The molecule has 17 heavy (non-hydrogen) atoms. The van der Waals surface area contributed by atoms with E-state index in [0.29, 0.717) is 0 Å². The van der Waals surface area contributed by atoms with Crippen LogP contribution in [-0.4, -0.2) is 15.9 Å². The van der Waals surface area contributed by atoms with Gasteiger partial charge in [0, 0.05) is 11.6 Å². The van der Waals surface area contributed by atoms with E-state index in [1.165, 1.54) is 11.3 Å². The summed E-state index contributed by atoms with van der Waals surface area (Å²) in [5.74, 6) is -1.08. The second-order valence-electron chi connectivity index (χ2n) is 3.10. The van der Waals surface area contributed by atoms with Crippen molar-refractivity contribution in [1.82, 2.24) is 15.3 Å². The average Bonchev–Trinajstić information content (AvgIpc) is 2.82. The zero-order valence-corrected chi connectivity index (χ0v) is 10.1. The Labute approximate surface area is 105 Å². The predicted molar refractivity (Wildman–Crippen MR) is 62.5 cm³/mol. The van der Waals surface area contributed by atoms with E-state index in [-0.39, 0.29) is 17.3 Å². The number of aromatic nitrogens is 2. The number of amides is 1. The number of nitrogens with zero attached hydrogens (tertiary/aromatic N) is 2. The number of halogens is 2. The third-order valence-electron chi connectivity index (χ3n) is 1.93. The van der Waals surface area contributed by atoms with Gasteiger partial charge in [-0.3, -0.25) is 4.79 Å². The summed E-state index contributed by atoms with van der Waals surface area (Å²) in [5, 5.41) is 5.13. The predicted octanol–water partition coefficient (Wildman–Crippen LogP) is 2.26. The van der Waals surface area contributed by atoms with Gasteiger partial charge in [-0.1, -0.05) is 11.6 Å². The maximum atomic E-state index is 12.9. The maximum absolute atomic E-state index is 12.9. The lowest BCUT2D eigenvalue weighted by Crippen LogP contribution is -2.23. The first kappa shape index (κ1) is 11.9. The first-order chi connectivity index (χ1) is 8.16. The number of carbonyl (C=O) groups excluding carboxylic acids is 1. The van der Waals surface area contributed by atoms with Crippen LogP contribution in [-0.2, 0) is 6.54 Å². The van der Waals surface area contributed by atoms with E-state index in [1.807, 2.05) is 0 Å². The molecule has 0 atom stereocenters. The van der Waals surface area contributed by atoms with Crippen molar-refractivity contribution in [3.8, 4) is 0 Å². The number of rotatable bonds is 3. The lowest BCUT2D eigenvalue weighted by atomic mass is 10.2. The normalized spacial score (nSPS) is 10.2. The second kappa shape index (κ2) is 5.20. The van der Waals surface area contributed by atoms with Gasteiger partial charge in [0.2, 0.25) is 0 Å². The Balaban J connectivity index is 2.07. The Morgan fingerprint density at radius 3 is 3.06 bits per heavy atom. The molecule has 0 saturated heterocycles. The van der Waals surface area contributed by atoms with Gasteiger partial charge in [0.1, 0.15) is 16.0 Å². The molecule has 0 radical (unpaired) electrons. The zero-order valence-electron chi connectivity index (χ0n) is 8.48. The van der Waals surface area contributed by atoms with E-state index in [2.05, 4.69) is 15.3 Å². The van der Waals surface area contributed by atoms with Crippen LogP contribution in [0.15, 0.2) is 23.8 Å². The van der Waals surface area contributed by atoms with Crippen LogP contribution in [0.1, 0.15) is 15.4 Å². The molecule has 0 aliphatic carbocycles. The molecule has 0 spiro atoms. The molecular weight excluding hydrogens is 265 g/mol. The molecule has 0 unspecified atom stereocenters. The fourth-order valence-electron chi connectivity index (χ4n) is 1.17. The van der Waals surface area contributed by atoms with E-state index in [1.54, 1.807) is 11.6 Å². The Bertz CT molecular complexity index is 532. The molecule has 2 rings (SSSR count). The lowest BCUT2D eigenvalue weighted by Gasteiger charge is -2.04. The van der Waals surface area contributed by atoms with Crippen molar-refractivity contribution in [1.29, 1.82) is 0 Å². The smallest absolute Gasteiger partial charge is 0.254 e. The number of carbonyl (C=O) groups is 1. The van der Waals surface area contributed by atoms with Crippen LogP contribution in [0.25, 0.3) is 0 Å². The van der Waals surface area contributed by atoms with Crippen molar-refractivity contribution in [3.63, 3.8) is 0 Å². The molecule has 0 fully saturated rings. The Kier molecular flexibility index (Phi) is 3.65. The van der Waals surface area contributed by atoms with Crippen molar-refractivity contribution >= 4 is 28.8 Å². The minimum absolute atomic E-state index is 0.0169.